The van der Waals surface area contributed by atoms with Gasteiger partial charge in [-0.2, -0.15) is 0 Å². The first-order chi connectivity index (χ1) is 9.74. The Balaban J connectivity index is 1.76. The van der Waals surface area contributed by atoms with Gasteiger partial charge in [-0.05, 0) is 40.6 Å². The third-order valence-corrected chi connectivity index (χ3v) is 3.18. The monoisotopic (exact) mass is 276 g/mol. The normalized spacial score (nSPS) is 13.8. The molecule has 2 N–H and O–H groups in total. The number of carbonyl (C=O) groups is 1. The topological polar surface area (TPSA) is 84.7 Å². The number of nitrogens with zero attached hydrogens (tertiary/aromatic N) is 4. The Morgan fingerprint density at radius 3 is 3.20 bits per heavy atom. The highest BCUT2D eigenvalue weighted by molar-refractivity contribution is 5.90. The molecule has 0 unspecified atom stereocenters. The van der Waals surface area contributed by atoms with E-state index in [9.17, 15) is 9.18 Å². The molecule has 0 radical (unpaired) electrons. The lowest BCUT2D eigenvalue weighted by Crippen LogP contribution is -2.26. The number of rotatable bonds is 3. The van der Waals surface area contributed by atoms with Gasteiger partial charge in [-0.3, -0.25) is 4.79 Å². The fraction of sp³-hybridized carbons (Fsp3) is 0.333. The van der Waals surface area contributed by atoms with Gasteiger partial charge in [-0.15, -0.1) is 5.10 Å². The minimum atomic E-state index is -0.370. The van der Waals surface area contributed by atoms with Crippen molar-refractivity contribution in [1.82, 2.24) is 25.5 Å². The first kappa shape index (κ1) is 12.7. The second-order valence-electron chi connectivity index (χ2n) is 4.55. The van der Waals surface area contributed by atoms with Crippen molar-refractivity contribution in [3.63, 3.8) is 0 Å². The van der Waals surface area contributed by atoms with Gasteiger partial charge < -0.3 is 10.6 Å². The van der Waals surface area contributed by atoms with E-state index in [1.54, 1.807) is 6.07 Å². The number of amides is 1. The van der Waals surface area contributed by atoms with Crippen LogP contribution in [0.25, 0.3) is 0 Å². The van der Waals surface area contributed by atoms with Crippen molar-refractivity contribution in [2.45, 2.75) is 19.5 Å². The molecule has 0 atom stereocenters. The molecule has 3 rings (SSSR count). The Morgan fingerprint density at radius 1 is 1.50 bits per heavy atom. The molecule has 8 heteroatoms. The lowest BCUT2D eigenvalue weighted by molar-refractivity contribution is -0.117. The number of hydrogen-bond donors (Lipinski definition) is 2. The molecule has 0 saturated carbocycles. The molecule has 0 aliphatic carbocycles. The molecular weight excluding hydrogens is 263 g/mol. The largest absolute Gasteiger partial charge is 0.322 e. The summed E-state index contributed by atoms with van der Waals surface area (Å²) in [5.41, 5.74) is 1.81. The summed E-state index contributed by atoms with van der Waals surface area (Å²) < 4.78 is 15.6. The zero-order valence-corrected chi connectivity index (χ0v) is 10.6. The van der Waals surface area contributed by atoms with Gasteiger partial charge >= 0.3 is 0 Å². The molecule has 104 valence electrons. The van der Waals surface area contributed by atoms with Crippen LogP contribution in [0.4, 0.5) is 10.1 Å². The lowest BCUT2D eigenvalue weighted by atomic mass is 9.99. The summed E-state index contributed by atoms with van der Waals surface area (Å²) in [6.45, 7) is 1.35. The van der Waals surface area contributed by atoms with Gasteiger partial charge in [-0.25, -0.2) is 9.07 Å². The maximum Gasteiger partial charge on any atom is 0.246 e. The van der Waals surface area contributed by atoms with Crippen LogP contribution in [-0.4, -0.2) is 32.7 Å². The standard InChI is InChI=1S/C12H13FN6O/c13-12-9-3-4-14-5-8(9)1-2-10(12)16-11(20)6-19-7-15-17-18-19/h1-2,7,14H,3-6H2,(H,16,20). The van der Waals surface area contributed by atoms with Crippen LogP contribution in [0.2, 0.25) is 0 Å². The maximum absolute atomic E-state index is 14.3. The maximum atomic E-state index is 14.3. The summed E-state index contributed by atoms with van der Waals surface area (Å²) in [5, 5.41) is 16.2. The Bertz CT molecular complexity index is 627. The molecule has 0 fully saturated rings. The summed E-state index contributed by atoms with van der Waals surface area (Å²) in [7, 11) is 0. The fourth-order valence-electron chi connectivity index (χ4n) is 2.22. The van der Waals surface area contributed by atoms with E-state index < -0.39 is 0 Å². The number of carbonyl (C=O) groups excluding carboxylic acids is 1. The van der Waals surface area contributed by atoms with Crippen molar-refractivity contribution >= 4 is 11.6 Å². The number of fused-ring (bicyclic) bond motifs is 1. The molecule has 20 heavy (non-hydrogen) atoms. The number of anilines is 1. The van der Waals surface area contributed by atoms with Gasteiger partial charge in [0.05, 0.1) is 5.69 Å². The van der Waals surface area contributed by atoms with E-state index in [2.05, 4.69) is 26.2 Å². The van der Waals surface area contributed by atoms with Crippen LogP contribution in [0, 0.1) is 5.82 Å². The van der Waals surface area contributed by atoms with E-state index >= 15 is 0 Å². The molecule has 1 aliphatic rings. The molecule has 7 nitrogen and oxygen atoms in total. The number of benzene rings is 1. The SMILES string of the molecule is O=C(Cn1cnnn1)Nc1ccc2c(c1F)CCNC2. The molecule has 0 spiro atoms. The van der Waals surface area contributed by atoms with Crippen molar-refractivity contribution < 1.29 is 9.18 Å². The molecular formula is C12H13FN6O. The third-order valence-electron chi connectivity index (χ3n) is 3.18. The number of tetrazole rings is 1. The van der Waals surface area contributed by atoms with Gasteiger partial charge in [-0.1, -0.05) is 6.07 Å². The van der Waals surface area contributed by atoms with E-state index in [1.807, 2.05) is 6.07 Å². The van der Waals surface area contributed by atoms with Crippen molar-refractivity contribution in [1.29, 1.82) is 0 Å². The Hall–Kier alpha value is -2.35. The average Bonchev–Trinajstić information content (AvgIpc) is 2.95. The number of aromatic nitrogens is 4. The third kappa shape index (κ3) is 2.50. The number of hydrogen-bond acceptors (Lipinski definition) is 5. The van der Waals surface area contributed by atoms with Crippen LogP contribution in [0.15, 0.2) is 18.5 Å². The zero-order valence-electron chi connectivity index (χ0n) is 10.6. The molecule has 2 heterocycles. The lowest BCUT2D eigenvalue weighted by Gasteiger charge is -2.19. The van der Waals surface area contributed by atoms with Gasteiger partial charge in [0, 0.05) is 6.54 Å². The van der Waals surface area contributed by atoms with Crippen LogP contribution in [-0.2, 0) is 24.3 Å². The van der Waals surface area contributed by atoms with Crippen LogP contribution in [0.5, 0.6) is 0 Å². The second-order valence-corrected chi connectivity index (χ2v) is 4.55. The molecule has 1 aliphatic heterocycles. The zero-order chi connectivity index (χ0) is 13.9. The Morgan fingerprint density at radius 2 is 2.40 bits per heavy atom. The predicted molar refractivity (Wildman–Crippen MR) is 68.3 cm³/mol. The minimum Gasteiger partial charge on any atom is -0.322 e. The van der Waals surface area contributed by atoms with Crippen molar-refractivity contribution in [3.8, 4) is 0 Å². The molecule has 1 amide bonds. The molecule has 0 bridgehead atoms. The van der Waals surface area contributed by atoms with Crippen LogP contribution in [0.1, 0.15) is 11.1 Å². The van der Waals surface area contributed by atoms with Gasteiger partial charge in [0.1, 0.15) is 18.7 Å². The Labute approximate surface area is 114 Å². The van der Waals surface area contributed by atoms with Crippen molar-refractivity contribution in [2.75, 3.05) is 11.9 Å². The van der Waals surface area contributed by atoms with E-state index in [0.29, 0.717) is 18.5 Å². The number of nitrogens with one attached hydrogen (secondary N) is 2. The number of halogens is 1. The van der Waals surface area contributed by atoms with Gasteiger partial charge in [0.25, 0.3) is 0 Å². The molecule has 1 aromatic carbocycles. The Kier molecular flexibility index (Phi) is 3.38. The van der Waals surface area contributed by atoms with E-state index in [4.69, 9.17) is 0 Å². The summed E-state index contributed by atoms with van der Waals surface area (Å²) in [6.07, 6.45) is 1.95. The summed E-state index contributed by atoms with van der Waals surface area (Å²) in [5.74, 6) is -0.723. The summed E-state index contributed by atoms with van der Waals surface area (Å²) >= 11 is 0. The average molecular weight is 276 g/mol. The molecule has 2 aromatic rings. The second kappa shape index (κ2) is 5.33. The molecule has 0 saturated heterocycles. The highest BCUT2D eigenvalue weighted by Crippen LogP contribution is 2.24. The smallest absolute Gasteiger partial charge is 0.246 e. The first-order valence-corrected chi connectivity index (χ1v) is 6.25. The summed E-state index contributed by atoms with van der Waals surface area (Å²) in [6, 6.07) is 3.41. The highest BCUT2D eigenvalue weighted by Gasteiger charge is 2.17. The summed E-state index contributed by atoms with van der Waals surface area (Å²) in [4.78, 5) is 11.8. The van der Waals surface area contributed by atoms with Gasteiger partial charge in [0.15, 0.2) is 0 Å². The van der Waals surface area contributed by atoms with Crippen LogP contribution in [0.3, 0.4) is 0 Å². The van der Waals surface area contributed by atoms with E-state index in [0.717, 1.165) is 12.1 Å². The quantitative estimate of drug-likeness (QED) is 0.830. The van der Waals surface area contributed by atoms with Gasteiger partial charge in [0.2, 0.25) is 5.91 Å². The predicted octanol–water partition coefficient (Wildman–Crippen LogP) is 0.0966. The minimum absolute atomic E-state index is 0.0505. The highest BCUT2D eigenvalue weighted by atomic mass is 19.1. The van der Waals surface area contributed by atoms with E-state index in [-0.39, 0.29) is 24.0 Å². The van der Waals surface area contributed by atoms with Crippen LogP contribution >= 0.6 is 0 Å². The van der Waals surface area contributed by atoms with Crippen molar-refractivity contribution in [2.24, 2.45) is 0 Å². The van der Waals surface area contributed by atoms with Crippen molar-refractivity contribution in [3.05, 3.63) is 35.4 Å². The van der Waals surface area contributed by atoms with Crippen LogP contribution < -0.4 is 10.6 Å². The first-order valence-electron chi connectivity index (χ1n) is 6.25. The fourth-order valence-corrected chi connectivity index (χ4v) is 2.22. The van der Waals surface area contributed by atoms with E-state index in [1.165, 1.54) is 11.0 Å². The molecule has 1 aromatic heterocycles.